The van der Waals surface area contributed by atoms with Gasteiger partial charge in [0.05, 0.1) is 24.5 Å². The van der Waals surface area contributed by atoms with E-state index in [1.165, 1.54) is 0 Å². The standard InChI is InChI=1S/C32H39N7O4/c1-7-19(3)29-38-37-27-16-13-20(18-39(27)29)43-24-15-14-23(21-11-9-10-12-22(21)24)33-31(41)36-26-17-25(32(4,5)6)34-28(35-26)30(40)42-8-2/h9-13,16-19,23-24H,7-8,14-15H2,1-6H3,(H2,33,34,35,36,41)/t19-,23-,24+/m0/s1. The molecule has 226 valence electrons. The second-order valence-electron chi connectivity index (χ2n) is 11.9. The normalized spacial score (nSPS) is 17.2. The van der Waals surface area contributed by atoms with Crippen molar-refractivity contribution < 1.29 is 19.1 Å². The first-order valence-electron chi connectivity index (χ1n) is 14.8. The van der Waals surface area contributed by atoms with Crippen LogP contribution in [0.4, 0.5) is 10.6 Å². The van der Waals surface area contributed by atoms with Crippen LogP contribution < -0.4 is 15.4 Å². The number of nitrogens with zero attached hydrogens (tertiary/aromatic N) is 5. The van der Waals surface area contributed by atoms with Gasteiger partial charge in [0.2, 0.25) is 5.82 Å². The van der Waals surface area contributed by atoms with Gasteiger partial charge in [0, 0.05) is 17.4 Å². The van der Waals surface area contributed by atoms with Crippen molar-refractivity contribution in [3.8, 4) is 5.75 Å². The predicted molar refractivity (Wildman–Crippen MR) is 162 cm³/mol. The second-order valence-corrected chi connectivity index (χ2v) is 11.9. The number of hydrogen-bond acceptors (Lipinski definition) is 8. The Hall–Kier alpha value is -4.54. The molecule has 11 heteroatoms. The van der Waals surface area contributed by atoms with Gasteiger partial charge < -0.3 is 14.8 Å². The number of ether oxygens (including phenoxy) is 2. The number of esters is 1. The number of benzene rings is 1. The summed E-state index contributed by atoms with van der Waals surface area (Å²) in [6, 6.07) is 12.9. The Morgan fingerprint density at radius 3 is 2.53 bits per heavy atom. The van der Waals surface area contributed by atoms with Crippen molar-refractivity contribution in [1.29, 1.82) is 0 Å². The van der Waals surface area contributed by atoms with Crippen molar-refractivity contribution in [2.24, 2.45) is 0 Å². The van der Waals surface area contributed by atoms with Crippen LogP contribution >= 0.6 is 0 Å². The number of carbonyl (C=O) groups is 2. The molecule has 0 radical (unpaired) electrons. The highest BCUT2D eigenvalue weighted by molar-refractivity contribution is 5.90. The molecule has 0 spiro atoms. The van der Waals surface area contributed by atoms with Crippen LogP contribution in [0.1, 0.15) is 112 Å². The highest BCUT2D eigenvalue weighted by Gasteiger charge is 2.30. The molecule has 0 aliphatic heterocycles. The lowest BCUT2D eigenvalue weighted by Gasteiger charge is -2.32. The largest absolute Gasteiger partial charge is 0.484 e. The van der Waals surface area contributed by atoms with Gasteiger partial charge in [-0.3, -0.25) is 9.72 Å². The maximum Gasteiger partial charge on any atom is 0.376 e. The summed E-state index contributed by atoms with van der Waals surface area (Å²) in [5.41, 5.74) is 3.04. The molecule has 3 atom stereocenters. The van der Waals surface area contributed by atoms with E-state index in [9.17, 15) is 9.59 Å². The number of fused-ring (bicyclic) bond motifs is 2. The van der Waals surface area contributed by atoms with Gasteiger partial charge in [-0.1, -0.05) is 58.9 Å². The monoisotopic (exact) mass is 585 g/mol. The molecule has 11 nitrogen and oxygen atoms in total. The quantitative estimate of drug-likeness (QED) is 0.231. The number of nitrogens with one attached hydrogen (secondary N) is 2. The van der Waals surface area contributed by atoms with Gasteiger partial charge in [-0.2, -0.15) is 0 Å². The average Bonchev–Trinajstić information content (AvgIpc) is 3.41. The molecule has 1 aliphatic rings. The third-order valence-corrected chi connectivity index (χ3v) is 7.67. The van der Waals surface area contributed by atoms with Crippen molar-refractivity contribution in [3.05, 3.63) is 77.1 Å². The molecule has 0 fully saturated rings. The lowest BCUT2D eigenvalue weighted by atomic mass is 9.85. The van der Waals surface area contributed by atoms with Gasteiger partial charge in [0.15, 0.2) is 5.65 Å². The van der Waals surface area contributed by atoms with Gasteiger partial charge in [0.1, 0.15) is 23.5 Å². The minimum absolute atomic E-state index is 0.0893. The highest BCUT2D eigenvalue weighted by Crippen LogP contribution is 2.39. The van der Waals surface area contributed by atoms with Crippen LogP contribution in [0.2, 0.25) is 0 Å². The van der Waals surface area contributed by atoms with Crippen LogP contribution in [0.5, 0.6) is 5.75 Å². The van der Waals surface area contributed by atoms with Gasteiger partial charge >= 0.3 is 12.0 Å². The van der Waals surface area contributed by atoms with Crippen LogP contribution in [-0.4, -0.2) is 43.2 Å². The molecule has 0 bridgehead atoms. The summed E-state index contributed by atoms with van der Waals surface area (Å²) >= 11 is 0. The average molecular weight is 586 g/mol. The van der Waals surface area contributed by atoms with Crippen molar-refractivity contribution in [2.45, 2.75) is 84.3 Å². The maximum atomic E-state index is 13.2. The maximum absolute atomic E-state index is 13.2. The summed E-state index contributed by atoms with van der Waals surface area (Å²) in [5.74, 6) is 1.42. The SMILES string of the molecule is CCOC(=O)c1nc(NC(=O)N[C@H]2CC[C@@H](Oc3ccc4nnc([C@@H](C)CC)n4c3)c3ccccc32)cc(C(C)(C)C)n1. The predicted octanol–water partition coefficient (Wildman–Crippen LogP) is 6.28. The first kappa shape index (κ1) is 29.9. The summed E-state index contributed by atoms with van der Waals surface area (Å²) in [5, 5.41) is 14.6. The lowest BCUT2D eigenvalue weighted by molar-refractivity contribution is 0.0511. The minimum Gasteiger partial charge on any atom is -0.484 e. The topological polar surface area (TPSA) is 133 Å². The molecule has 5 rings (SSSR count). The Morgan fingerprint density at radius 2 is 1.81 bits per heavy atom. The van der Waals surface area contributed by atoms with E-state index in [1.807, 2.05) is 67.8 Å². The molecule has 43 heavy (non-hydrogen) atoms. The smallest absolute Gasteiger partial charge is 0.376 e. The van der Waals surface area contributed by atoms with E-state index in [0.29, 0.717) is 18.5 Å². The Labute approximate surface area is 251 Å². The van der Waals surface area contributed by atoms with Crippen LogP contribution in [0.3, 0.4) is 0 Å². The molecule has 2 amide bonds. The minimum atomic E-state index is -0.635. The Kier molecular flexibility index (Phi) is 8.61. The zero-order chi connectivity index (χ0) is 30.7. The summed E-state index contributed by atoms with van der Waals surface area (Å²) in [7, 11) is 0. The molecule has 0 saturated carbocycles. The number of pyridine rings is 1. The number of anilines is 1. The fraction of sp³-hybridized carbons (Fsp3) is 0.438. The molecule has 4 aromatic rings. The van der Waals surface area contributed by atoms with E-state index in [1.54, 1.807) is 13.0 Å². The first-order valence-corrected chi connectivity index (χ1v) is 14.8. The van der Waals surface area contributed by atoms with E-state index < -0.39 is 12.0 Å². The first-order chi connectivity index (χ1) is 20.6. The highest BCUT2D eigenvalue weighted by atomic mass is 16.5. The molecule has 1 aromatic carbocycles. The number of rotatable bonds is 8. The number of hydrogen-bond donors (Lipinski definition) is 2. The number of amides is 2. The molecule has 1 aliphatic carbocycles. The molecular formula is C32H39N7O4. The molecule has 3 aromatic heterocycles. The van der Waals surface area contributed by atoms with Crippen LogP contribution in [0, 0.1) is 0 Å². The van der Waals surface area contributed by atoms with Crippen molar-refractivity contribution in [3.63, 3.8) is 0 Å². The molecular weight excluding hydrogens is 546 g/mol. The zero-order valence-corrected chi connectivity index (χ0v) is 25.5. The van der Waals surface area contributed by atoms with Gasteiger partial charge in [-0.15, -0.1) is 10.2 Å². The third kappa shape index (κ3) is 6.60. The summed E-state index contributed by atoms with van der Waals surface area (Å²) < 4.78 is 13.6. The Bertz CT molecular complexity index is 1630. The molecule has 3 heterocycles. The number of aromatic nitrogens is 5. The fourth-order valence-electron chi connectivity index (χ4n) is 5.16. The van der Waals surface area contributed by atoms with E-state index in [4.69, 9.17) is 9.47 Å². The van der Waals surface area contributed by atoms with Gasteiger partial charge in [-0.05, 0) is 49.4 Å². The second kappa shape index (κ2) is 12.4. The molecule has 0 saturated heterocycles. The van der Waals surface area contributed by atoms with Gasteiger partial charge in [-0.25, -0.2) is 19.6 Å². The third-order valence-electron chi connectivity index (χ3n) is 7.67. The Morgan fingerprint density at radius 1 is 1.05 bits per heavy atom. The van der Waals surface area contributed by atoms with E-state index >= 15 is 0 Å². The fourth-order valence-corrected chi connectivity index (χ4v) is 5.16. The molecule has 0 unspecified atom stereocenters. The van der Waals surface area contributed by atoms with Crippen molar-refractivity contribution >= 4 is 23.5 Å². The zero-order valence-electron chi connectivity index (χ0n) is 25.5. The van der Waals surface area contributed by atoms with Crippen molar-refractivity contribution in [2.75, 3.05) is 11.9 Å². The summed E-state index contributed by atoms with van der Waals surface area (Å²) in [6.45, 7) is 12.1. The van der Waals surface area contributed by atoms with E-state index in [0.717, 1.165) is 34.8 Å². The summed E-state index contributed by atoms with van der Waals surface area (Å²) in [4.78, 5) is 34.2. The van der Waals surface area contributed by atoms with Crippen molar-refractivity contribution in [1.82, 2.24) is 29.9 Å². The lowest BCUT2D eigenvalue weighted by Crippen LogP contribution is -2.36. The van der Waals surface area contributed by atoms with Gasteiger partial charge in [0.25, 0.3) is 0 Å². The number of urea groups is 1. The van der Waals surface area contributed by atoms with Crippen LogP contribution in [-0.2, 0) is 10.2 Å². The van der Waals surface area contributed by atoms with Crippen LogP contribution in [0.25, 0.3) is 5.65 Å². The van der Waals surface area contributed by atoms with E-state index in [2.05, 4.69) is 44.6 Å². The molecule has 2 N–H and O–H groups in total. The Balaban J connectivity index is 1.33. The summed E-state index contributed by atoms with van der Waals surface area (Å²) in [6.07, 6.45) is 4.12. The number of carbonyl (C=O) groups excluding carboxylic acids is 2. The van der Waals surface area contributed by atoms with E-state index in [-0.39, 0.29) is 41.7 Å². The van der Waals surface area contributed by atoms with Crippen LogP contribution in [0.15, 0.2) is 48.7 Å².